The maximum Gasteiger partial charge on any atom is 0.278 e. The molecule has 0 unspecified atom stereocenters. The second kappa shape index (κ2) is 6.62. The van der Waals surface area contributed by atoms with Gasteiger partial charge < -0.3 is 0 Å². The van der Waals surface area contributed by atoms with E-state index in [-0.39, 0.29) is 10.6 Å². The summed E-state index contributed by atoms with van der Waals surface area (Å²) in [7, 11) is 0. The lowest BCUT2D eigenvalue weighted by Crippen LogP contribution is -1.91. The van der Waals surface area contributed by atoms with E-state index >= 15 is 0 Å². The van der Waals surface area contributed by atoms with Gasteiger partial charge in [0.15, 0.2) is 0 Å². The van der Waals surface area contributed by atoms with Gasteiger partial charge in [-0.15, -0.1) is 11.8 Å². The summed E-state index contributed by atoms with van der Waals surface area (Å²) in [6.45, 7) is 0. The van der Waals surface area contributed by atoms with E-state index in [1.807, 2.05) is 30.5 Å². The standard InChI is InChI=1S/C18H14N2O2S/c1-23-15-10-6-13(7-11-15)5-8-14-9-12-16-17(19-14)3-2-4-18(16)20(21)22/h2-12H,1H3/b8-5+. The van der Waals surface area contributed by atoms with Crippen LogP contribution < -0.4 is 0 Å². The number of pyridine rings is 1. The minimum Gasteiger partial charge on any atom is -0.258 e. The zero-order chi connectivity index (χ0) is 16.2. The molecule has 4 nitrogen and oxygen atoms in total. The van der Waals surface area contributed by atoms with Crippen molar-refractivity contribution in [1.29, 1.82) is 0 Å². The van der Waals surface area contributed by atoms with Crippen molar-refractivity contribution in [3.63, 3.8) is 0 Å². The fourth-order valence-corrected chi connectivity index (χ4v) is 2.71. The van der Waals surface area contributed by atoms with Gasteiger partial charge in [-0.3, -0.25) is 10.1 Å². The molecule has 0 aliphatic heterocycles. The van der Waals surface area contributed by atoms with Crippen LogP contribution >= 0.6 is 11.8 Å². The van der Waals surface area contributed by atoms with Crippen LogP contribution in [0.1, 0.15) is 11.3 Å². The number of nitro benzene ring substituents is 1. The maximum absolute atomic E-state index is 11.0. The van der Waals surface area contributed by atoms with Crippen LogP contribution in [0.25, 0.3) is 23.1 Å². The second-order valence-electron chi connectivity index (χ2n) is 4.94. The largest absolute Gasteiger partial charge is 0.278 e. The summed E-state index contributed by atoms with van der Waals surface area (Å²) in [4.78, 5) is 16.3. The van der Waals surface area contributed by atoms with Gasteiger partial charge in [0.2, 0.25) is 0 Å². The molecule has 0 aliphatic carbocycles. The number of nitro groups is 1. The summed E-state index contributed by atoms with van der Waals surface area (Å²) >= 11 is 1.71. The molecule has 0 aliphatic rings. The molecule has 0 saturated carbocycles. The summed E-state index contributed by atoms with van der Waals surface area (Å²) in [5.41, 5.74) is 2.56. The zero-order valence-corrected chi connectivity index (χ0v) is 13.3. The normalized spacial score (nSPS) is 11.2. The Kier molecular flexibility index (Phi) is 4.39. The molecule has 114 valence electrons. The van der Waals surface area contributed by atoms with Crippen molar-refractivity contribution in [2.24, 2.45) is 0 Å². The predicted molar refractivity (Wildman–Crippen MR) is 95.5 cm³/mol. The van der Waals surface area contributed by atoms with E-state index in [9.17, 15) is 10.1 Å². The molecular weight excluding hydrogens is 308 g/mol. The molecule has 1 heterocycles. The molecule has 3 rings (SSSR count). The van der Waals surface area contributed by atoms with E-state index in [1.165, 1.54) is 11.0 Å². The summed E-state index contributed by atoms with van der Waals surface area (Å²) in [5.74, 6) is 0. The first-order chi connectivity index (χ1) is 11.2. The van der Waals surface area contributed by atoms with Crippen LogP contribution in [0.15, 0.2) is 59.5 Å². The van der Waals surface area contributed by atoms with Gasteiger partial charge in [-0.05, 0) is 48.2 Å². The SMILES string of the molecule is CSc1ccc(/C=C/c2ccc3c([N+](=O)[O-])cccc3n2)cc1. The van der Waals surface area contributed by atoms with Crippen molar-refractivity contribution in [1.82, 2.24) is 4.98 Å². The first kappa shape index (κ1) is 15.2. The number of hydrogen-bond donors (Lipinski definition) is 0. The van der Waals surface area contributed by atoms with Crippen LogP contribution in [-0.4, -0.2) is 16.2 Å². The number of nitrogens with zero attached hydrogens (tertiary/aromatic N) is 2. The van der Waals surface area contributed by atoms with Gasteiger partial charge in [0, 0.05) is 11.0 Å². The third-order valence-corrected chi connectivity index (χ3v) is 4.23. The highest BCUT2D eigenvalue weighted by atomic mass is 32.2. The Hall–Kier alpha value is -2.66. The van der Waals surface area contributed by atoms with E-state index in [2.05, 4.69) is 17.1 Å². The minimum atomic E-state index is -0.382. The molecule has 0 atom stereocenters. The summed E-state index contributed by atoms with van der Waals surface area (Å²) in [6.07, 6.45) is 5.94. The van der Waals surface area contributed by atoms with Crippen LogP contribution in [0.4, 0.5) is 5.69 Å². The Labute approximate surface area is 138 Å². The molecule has 0 saturated heterocycles. The first-order valence-electron chi connectivity index (χ1n) is 7.04. The van der Waals surface area contributed by atoms with E-state index in [1.54, 1.807) is 36.0 Å². The average molecular weight is 322 g/mol. The van der Waals surface area contributed by atoms with Gasteiger partial charge in [0.05, 0.1) is 21.5 Å². The van der Waals surface area contributed by atoms with Gasteiger partial charge in [-0.2, -0.15) is 0 Å². The van der Waals surface area contributed by atoms with Gasteiger partial charge >= 0.3 is 0 Å². The van der Waals surface area contributed by atoms with Gasteiger partial charge in [-0.25, -0.2) is 4.98 Å². The number of rotatable bonds is 4. The third-order valence-electron chi connectivity index (χ3n) is 3.49. The number of non-ortho nitro benzene ring substituents is 1. The minimum absolute atomic E-state index is 0.0817. The van der Waals surface area contributed by atoms with Crippen LogP contribution in [0.2, 0.25) is 0 Å². The summed E-state index contributed by atoms with van der Waals surface area (Å²) in [6, 6.07) is 16.7. The molecular formula is C18H14N2O2S. The summed E-state index contributed by atoms with van der Waals surface area (Å²) in [5, 5.41) is 11.6. The molecule has 0 radical (unpaired) electrons. The predicted octanol–water partition coefficient (Wildman–Crippen LogP) is 5.04. The lowest BCUT2D eigenvalue weighted by Gasteiger charge is -2.01. The smallest absolute Gasteiger partial charge is 0.258 e. The second-order valence-corrected chi connectivity index (χ2v) is 5.82. The zero-order valence-electron chi connectivity index (χ0n) is 12.5. The number of aromatic nitrogens is 1. The van der Waals surface area contributed by atoms with Crippen LogP contribution in [0.5, 0.6) is 0 Å². The van der Waals surface area contributed by atoms with Crippen molar-refractivity contribution in [3.05, 3.63) is 76.0 Å². The van der Waals surface area contributed by atoms with Crippen molar-refractivity contribution in [2.45, 2.75) is 4.90 Å². The lowest BCUT2D eigenvalue weighted by atomic mass is 10.1. The number of thioether (sulfide) groups is 1. The maximum atomic E-state index is 11.0. The molecule has 5 heteroatoms. The Morgan fingerprint density at radius 1 is 1.04 bits per heavy atom. The highest BCUT2D eigenvalue weighted by Gasteiger charge is 2.11. The highest BCUT2D eigenvalue weighted by molar-refractivity contribution is 7.98. The van der Waals surface area contributed by atoms with Crippen LogP contribution in [0, 0.1) is 10.1 Å². The van der Waals surface area contributed by atoms with Crippen molar-refractivity contribution < 1.29 is 4.92 Å². The topological polar surface area (TPSA) is 56.0 Å². The molecule has 0 bridgehead atoms. The van der Waals surface area contributed by atoms with Crippen molar-refractivity contribution in [3.8, 4) is 0 Å². The Balaban J connectivity index is 1.91. The third kappa shape index (κ3) is 3.40. The molecule has 0 N–H and O–H groups in total. The van der Waals surface area contributed by atoms with Crippen LogP contribution in [0.3, 0.4) is 0 Å². The molecule has 0 fully saturated rings. The van der Waals surface area contributed by atoms with Gasteiger partial charge in [0.1, 0.15) is 0 Å². The highest BCUT2D eigenvalue weighted by Crippen LogP contribution is 2.24. The Morgan fingerprint density at radius 2 is 1.83 bits per heavy atom. The van der Waals surface area contributed by atoms with Crippen molar-refractivity contribution >= 4 is 40.5 Å². The molecule has 0 amide bonds. The molecule has 1 aromatic heterocycles. The fraction of sp³-hybridized carbons (Fsp3) is 0.0556. The Morgan fingerprint density at radius 3 is 2.52 bits per heavy atom. The van der Waals surface area contributed by atoms with E-state index in [4.69, 9.17) is 0 Å². The molecule has 3 aromatic rings. The summed E-state index contributed by atoms with van der Waals surface area (Å²) < 4.78 is 0. The number of fused-ring (bicyclic) bond motifs is 1. The Bertz CT molecular complexity index is 889. The van der Waals surface area contributed by atoms with E-state index in [0.717, 1.165) is 11.3 Å². The van der Waals surface area contributed by atoms with E-state index < -0.39 is 0 Å². The van der Waals surface area contributed by atoms with Crippen molar-refractivity contribution in [2.75, 3.05) is 6.26 Å². The molecule has 0 spiro atoms. The fourth-order valence-electron chi connectivity index (χ4n) is 2.30. The van der Waals surface area contributed by atoms with Gasteiger partial charge in [0.25, 0.3) is 5.69 Å². The monoisotopic (exact) mass is 322 g/mol. The average Bonchev–Trinajstić information content (AvgIpc) is 2.59. The van der Waals surface area contributed by atoms with Gasteiger partial charge in [-0.1, -0.05) is 24.3 Å². The number of hydrogen-bond acceptors (Lipinski definition) is 4. The molecule has 2 aromatic carbocycles. The lowest BCUT2D eigenvalue weighted by molar-refractivity contribution is -0.383. The van der Waals surface area contributed by atoms with E-state index in [0.29, 0.717) is 10.9 Å². The first-order valence-corrected chi connectivity index (χ1v) is 8.26. The quantitative estimate of drug-likeness (QED) is 0.384. The number of benzene rings is 2. The van der Waals surface area contributed by atoms with Crippen LogP contribution in [-0.2, 0) is 0 Å². The molecule has 23 heavy (non-hydrogen) atoms.